The number of nitrogens with one attached hydrogen (secondary N) is 1. The zero-order chi connectivity index (χ0) is 23.0. The lowest BCUT2D eigenvalue weighted by Crippen LogP contribution is -2.17. The van der Waals surface area contributed by atoms with Crippen molar-refractivity contribution in [1.29, 1.82) is 0 Å². The summed E-state index contributed by atoms with van der Waals surface area (Å²) in [4.78, 5) is 17.7. The van der Waals surface area contributed by atoms with Crippen molar-refractivity contribution >= 4 is 43.1 Å². The van der Waals surface area contributed by atoms with Gasteiger partial charge in [-0.25, -0.2) is 13.4 Å². The Morgan fingerprint density at radius 3 is 2.70 bits per heavy atom. The first kappa shape index (κ1) is 21.8. The van der Waals surface area contributed by atoms with Crippen LogP contribution in [0, 0.1) is 6.92 Å². The van der Waals surface area contributed by atoms with Crippen LogP contribution in [0.5, 0.6) is 0 Å². The van der Waals surface area contributed by atoms with Crippen molar-refractivity contribution in [2.45, 2.75) is 43.9 Å². The minimum absolute atomic E-state index is 0.0707. The van der Waals surface area contributed by atoms with Gasteiger partial charge in [-0.05, 0) is 56.9 Å². The van der Waals surface area contributed by atoms with Crippen LogP contribution in [0.2, 0.25) is 0 Å². The molecule has 170 valence electrons. The van der Waals surface area contributed by atoms with Gasteiger partial charge in [0.05, 0.1) is 26.6 Å². The second-order valence-corrected chi connectivity index (χ2v) is 11.4. The summed E-state index contributed by atoms with van der Waals surface area (Å²) in [6.07, 6.45) is 3.11. The minimum atomic E-state index is -3.42. The quantitative estimate of drug-likeness (QED) is 0.421. The van der Waals surface area contributed by atoms with Gasteiger partial charge in [0.25, 0.3) is 0 Å². The molecule has 0 aliphatic heterocycles. The molecule has 0 saturated carbocycles. The van der Waals surface area contributed by atoms with E-state index in [1.54, 1.807) is 28.9 Å². The molecule has 0 fully saturated rings. The molecule has 33 heavy (non-hydrogen) atoms. The van der Waals surface area contributed by atoms with Gasteiger partial charge in [-0.2, -0.15) is 9.78 Å². The highest BCUT2D eigenvalue weighted by Gasteiger charge is 2.26. The van der Waals surface area contributed by atoms with Crippen LogP contribution < -0.4 is 5.32 Å². The fraction of sp³-hybridized carbons (Fsp3) is 0.292. The molecular weight excluding hydrogens is 456 g/mol. The van der Waals surface area contributed by atoms with E-state index in [2.05, 4.69) is 10.3 Å². The van der Waals surface area contributed by atoms with Crippen LogP contribution in [-0.2, 0) is 27.5 Å². The number of hydrogen-bond donors (Lipinski definition) is 1. The third kappa shape index (κ3) is 4.43. The Morgan fingerprint density at radius 2 is 1.91 bits per heavy atom. The van der Waals surface area contributed by atoms with Gasteiger partial charge < -0.3 is 5.32 Å². The number of amides is 1. The van der Waals surface area contributed by atoms with Crippen molar-refractivity contribution in [1.82, 2.24) is 14.8 Å². The summed E-state index contributed by atoms with van der Waals surface area (Å²) in [6.45, 7) is 1.91. The molecule has 2 aromatic heterocycles. The van der Waals surface area contributed by atoms with E-state index in [1.807, 2.05) is 31.2 Å². The summed E-state index contributed by atoms with van der Waals surface area (Å²) >= 11 is 1.53. The van der Waals surface area contributed by atoms with Gasteiger partial charge in [0.2, 0.25) is 11.0 Å². The molecule has 1 N–H and O–H groups in total. The van der Waals surface area contributed by atoms with Crippen molar-refractivity contribution in [3.63, 3.8) is 0 Å². The molecule has 0 atom stereocenters. The molecule has 4 aromatic rings. The molecule has 9 heteroatoms. The highest BCUT2D eigenvalue weighted by atomic mass is 32.2. The molecule has 1 amide bonds. The Bertz CT molecular complexity index is 1400. The SMILES string of the molecule is Cc1ccc(S(=O)(=O)CCCC(=O)Nc2c3c(nn2-c2nc4ccccc4s2)CCC3)cc1. The van der Waals surface area contributed by atoms with Gasteiger partial charge in [0.1, 0.15) is 5.82 Å². The lowest BCUT2D eigenvalue weighted by molar-refractivity contribution is -0.116. The maximum absolute atomic E-state index is 12.8. The molecular formula is C24H24N4O3S2. The van der Waals surface area contributed by atoms with E-state index in [-0.39, 0.29) is 24.5 Å². The average molecular weight is 481 g/mol. The van der Waals surface area contributed by atoms with E-state index < -0.39 is 9.84 Å². The van der Waals surface area contributed by atoms with Gasteiger partial charge in [0.15, 0.2) is 9.84 Å². The number of carbonyl (C=O) groups is 1. The third-order valence-corrected chi connectivity index (χ3v) is 8.65. The van der Waals surface area contributed by atoms with Crippen LogP contribution in [0.15, 0.2) is 53.4 Å². The van der Waals surface area contributed by atoms with Crippen LogP contribution in [0.1, 0.15) is 36.1 Å². The summed E-state index contributed by atoms with van der Waals surface area (Å²) in [5.74, 6) is 0.373. The second kappa shape index (κ2) is 8.72. The average Bonchev–Trinajstić information content (AvgIpc) is 3.49. The summed E-state index contributed by atoms with van der Waals surface area (Å²) in [6, 6.07) is 14.7. The van der Waals surface area contributed by atoms with Crippen LogP contribution in [0.3, 0.4) is 0 Å². The second-order valence-electron chi connectivity index (χ2n) is 8.29. The third-order valence-electron chi connectivity index (χ3n) is 5.83. The number of aryl methyl sites for hydroxylation is 2. The van der Waals surface area contributed by atoms with Crippen LogP contribution >= 0.6 is 11.3 Å². The fourth-order valence-corrected chi connectivity index (χ4v) is 6.32. The van der Waals surface area contributed by atoms with Crippen LogP contribution in [0.4, 0.5) is 5.82 Å². The first-order chi connectivity index (χ1) is 15.9. The van der Waals surface area contributed by atoms with Crippen molar-refractivity contribution < 1.29 is 13.2 Å². The largest absolute Gasteiger partial charge is 0.310 e. The van der Waals surface area contributed by atoms with E-state index in [9.17, 15) is 13.2 Å². The van der Waals surface area contributed by atoms with E-state index >= 15 is 0 Å². The summed E-state index contributed by atoms with van der Waals surface area (Å²) < 4.78 is 27.9. The molecule has 0 bridgehead atoms. The first-order valence-electron chi connectivity index (χ1n) is 11.0. The van der Waals surface area contributed by atoms with Crippen LogP contribution in [-0.4, -0.2) is 34.8 Å². The highest BCUT2D eigenvalue weighted by Crippen LogP contribution is 2.33. The van der Waals surface area contributed by atoms with Gasteiger partial charge >= 0.3 is 0 Å². The number of rotatable bonds is 7. The molecule has 2 heterocycles. The number of fused-ring (bicyclic) bond motifs is 2. The first-order valence-corrected chi connectivity index (χ1v) is 13.4. The van der Waals surface area contributed by atoms with Gasteiger partial charge in [-0.3, -0.25) is 4.79 Å². The summed E-state index contributed by atoms with van der Waals surface area (Å²) in [5.41, 5.74) is 3.94. The predicted octanol–water partition coefficient (Wildman–Crippen LogP) is 4.47. The van der Waals surface area contributed by atoms with Crippen LogP contribution in [0.25, 0.3) is 15.3 Å². The monoisotopic (exact) mass is 480 g/mol. The van der Waals surface area contributed by atoms with Gasteiger partial charge in [0, 0.05) is 12.0 Å². The minimum Gasteiger partial charge on any atom is -0.310 e. The van der Waals surface area contributed by atoms with Crippen molar-refractivity contribution in [3.05, 3.63) is 65.4 Å². The molecule has 0 unspecified atom stereocenters. The highest BCUT2D eigenvalue weighted by molar-refractivity contribution is 7.91. The lowest BCUT2D eigenvalue weighted by atomic mass is 10.2. The normalized spacial score (nSPS) is 13.4. The number of sulfone groups is 1. The zero-order valence-corrected chi connectivity index (χ0v) is 19.9. The molecule has 5 rings (SSSR count). The topological polar surface area (TPSA) is 94.0 Å². The van der Waals surface area contributed by atoms with E-state index in [1.165, 1.54) is 11.3 Å². The zero-order valence-electron chi connectivity index (χ0n) is 18.2. The number of aromatic nitrogens is 3. The van der Waals surface area contributed by atoms with Gasteiger partial charge in [-0.1, -0.05) is 41.2 Å². The number of benzene rings is 2. The Kier molecular flexibility index (Phi) is 5.76. The number of anilines is 1. The van der Waals surface area contributed by atoms with Crippen molar-refractivity contribution in [2.75, 3.05) is 11.1 Å². The molecule has 0 radical (unpaired) electrons. The summed E-state index contributed by atoms with van der Waals surface area (Å²) in [7, 11) is -3.42. The molecule has 1 aliphatic rings. The van der Waals surface area contributed by atoms with Crippen molar-refractivity contribution in [2.24, 2.45) is 0 Å². The van der Waals surface area contributed by atoms with E-state index in [4.69, 9.17) is 5.10 Å². The number of para-hydroxylation sites is 1. The molecule has 7 nitrogen and oxygen atoms in total. The number of thiazole rings is 1. The van der Waals surface area contributed by atoms with Gasteiger partial charge in [-0.15, -0.1) is 0 Å². The Morgan fingerprint density at radius 1 is 1.12 bits per heavy atom. The number of nitrogens with zero attached hydrogens (tertiary/aromatic N) is 3. The smallest absolute Gasteiger partial charge is 0.225 e. The maximum Gasteiger partial charge on any atom is 0.225 e. The Balaban J connectivity index is 1.31. The van der Waals surface area contributed by atoms with Crippen molar-refractivity contribution in [3.8, 4) is 5.13 Å². The van der Waals surface area contributed by atoms with E-state index in [0.29, 0.717) is 15.8 Å². The fourth-order valence-electron chi connectivity index (χ4n) is 4.09. The predicted molar refractivity (Wildman–Crippen MR) is 130 cm³/mol. The maximum atomic E-state index is 12.8. The number of carbonyl (C=O) groups excluding carboxylic acids is 1. The Labute approximate surface area is 196 Å². The molecule has 0 saturated heterocycles. The molecule has 1 aliphatic carbocycles. The molecule has 2 aromatic carbocycles. The van der Waals surface area contributed by atoms with E-state index in [0.717, 1.165) is 46.3 Å². The Hall–Kier alpha value is -3.04. The molecule has 0 spiro atoms. The number of hydrogen-bond acceptors (Lipinski definition) is 6. The standard InChI is InChI=1S/C24H24N4O3S2/c1-16-11-13-17(14-12-16)33(30,31)15-5-10-22(29)26-23-18-6-4-8-19(18)27-28(23)24-25-20-7-2-3-9-21(20)32-24/h2-3,7,9,11-14H,4-6,8,10,15H2,1H3,(H,26,29). The lowest BCUT2D eigenvalue weighted by Gasteiger charge is -2.09. The summed E-state index contributed by atoms with van der Waals surface area (Å²) in [5, 5.41) is 8.44.